The van der Waals surface area contributed by atoms with Gasteiger partial charge >= 0.3 is 0 Å². The van der Waals surface area contributed by atoms with Crippen LogP contribution in [-0.4, -0.2) is 17.4 Å². The van der Waals surface area contributed by atoms with Crippen molar-refractivity contribution in [1.82, 2.24) is 0 Å². The molecule has 0 saturated carbocycles. The molecule has 0 bridgehead atoms. The molecule has 0 fully saturated rings. The largest absolute Gasteiger partial charge is 0.161 e. The highest BCUT2D eigenvalue weighted by Gasteiger charge is 2.24. The van der Waals surface area contributed by atoms with E-state index in [4.69, 9.17) is 11.6 Å². The summed E-state index contributed by atoms with van der Waals surface area (Å²) in [6.07, 6.45) is 1.28. The van der Waals surface area contributed by atoms with Crippen LogP contribution < -0.4 is 0 Å². The monoisotopic (exact) mass is 240 g/mol. The van der Waals surface area contributed by atoms with E-state index in [-0.39, 0.29) is 0 Å². The molecule has 1 aliphatic rings. The van der Waals surface area contributed by atoms with Gasteiger partial charge in [0.25, 0.3) is 0 Å². The fourth-order valence-electron chi connectivity index (χ4n) is 1.97. The van der Waals surface area contributed by atoms with Crippen LogP contribution in [0.1, 0.15) is 24.0 Å². The highest BCUT2D eigenvalue weighted by molar-refractivity contribution is 7.99. The standard InChI is InChI=1S/C13H17ClS/c1-10(7-14)8-15-9-12-6-11-4-2-3-5-13(11)12/h2-5,10,12H,6-9H2,1H3. The first kappa shape index (κ1) is 11.3. The lowest BCUT2D eigenvalue weighted by Crippen LogP contribution is -2.19. The van der Waals surface area contributed by atoms with E-state index in [1.165, 1.54) is 17.9 Å². The molecule has 82 valence electrons. The Hall–Kier alpha value is -0.140. The number of rotatable bonds is 5. The highest BCUT2D eigenvalue weighted by Crippen LogP contribution is 2.37. The van der Waals surface area contributed by atoms with E-state index in [1.807, 2.05) is 11.8 Å². The van der Waals surface area contributed by atoms with Gasteiger partial charge in [0.05, 0.1) is 0 Å². The minimum Gasteiger partial charge on any atom is -0.161 e. The number of hydrogen-bond donors (Lipinski definition) is 0. The molecule has 0 N–H and O–H groups in total. The molecule has 0 aliphatic heterocycles. The molecule has 1 aromatic rings. The second-order valence-corrected chi connectivity index (χ2v) is 5.78. The first-order valence-electron chi connectivity index (χ1n) is 5.52. The molecule has 0 aromatic heterocycles. The van der Waals surface area contributed by atoms with Gasteiger partial charge in [0.2, 0.25) is 0 Å². The van der Waals surface area contributed by atoms with Crippen LogP contribution in [0.4, 0.5) is 0 Å². The van der Waals surface area contributed by atoms with Gasteiger partial charge in [0.1, 0.15) is 0 Å². The number of thioether (sulfide) groups is 1. The molecule has 0 radical (unpaired) electrons. The molecule has 0 amide bonds. The van der Waals surface area contributed by atoms with Gasteiger partial charge in [-0.15, -0.1) is 11.6 Å². The third-order valence-corrected chi connectivity index (χ3v) is 4.92. The zero-order valence-corrected chi connectivity index (χ0v) is 10.7. The molecule has 0 nitrogen and oxygen atoms in total. The molecule has 0 spiro atoms. The summed E-state index contributed by atoms with van der Waals surface area (Å²) in [4.78, 5) is 0. The zero-order valence-electron chi connectivity index (χ0n) is 9.08. The first-order valence-corrected chi connectivity index (χ1v) is 7.21. The van der Waals surface area contributed by atoms with Crippen molar-refractivity contribution >= 4 is 23.4 Å². The SMILES string of the molecule is CC(CCl)CSCC1Cc2ccccc21. The van der Waals surface area contributed by atoms with Crippen LogP contribution >= 0.6 is 23.4 Å². The summed E-state index contributed by atoms with van der Waals surface area (Å²) in [5.41, 5.74) is 3.12. The molecule has 0 heterocycles. The van der Waals surface area contributed by atoms with Crippen molar-refractivity contribution < 1.29 is 0 Å². The van der Waals surface area contributed by atoms with E-state index in [9.17, 15) is 0 Å². The molecule has 2 unspecified atom stereocenters. The molecular formula is C13H17ClS. The van der Waals surface area contributed by atoms with Crippen LogP contribution in [0.2, 0.25) is 0 Å². The molecule has 15 heavy (non-hydrogen) atoms. The van der Waals surface area contributed by atoms with Crippen molar-refractivity contribution in [2.24, 2.45) is 5.92 Å². The zero-order chi connectivity index (χ0) is 10.7. The quantitative estimate of drug-likeness (QED) is 0.703. The summed E-state index contributed by atoms with van der Waals surface area (Å²) < 4.78 is 0. The third kappa shape index (κ3) is 2.70. The van der Waals surface area contributed by atoms with Gasteiger partial charge < -0.3 is 0 Å². The number of fused-ring (bicyclic) bond motifs is 1. The van der Waals surface area contributed by atoms with Crippen molar-refractivity contribution in [2.45, 2.75) is 19.3 Å². The predicted octanol–water partition coefficient (Wildman–Crippen LogP) is 3.93. The summed E-state index contributed by atoms with van der Waals surface area (Å²) in [6.45, 7) is 2.22. The topological polar surface area (TPSA) is 0 Å². The van der Waals surface area contributed by atoms with Crippen LogP contribution in [0.5, 0.6) is 0 Å². The molecule has 1 aliphatic carbocycles. The van der Waals surface area contributed by atoms with E-state index in [2.05, 4.69) is 31.2 Å². The lowest BCUT2D eigenvalue weighted by Gasteiger charge is -2.30. The van der Waals surface area contributed by atoms with Gasteiger partial charge in [-0.25, -0.2) is 0 Å². The summed E-state index contributed by atoms with van der Waals surface area (Å²) in [5.74, 6) is 4.69. The van der Waals surface area contributed by atoms with Crippen molar-refractivity contribution in [3.63, 3.8) is 0 Å². The summed E-state index contributed by atoms with van der Waals surface area (Å²) in [7, 11) is 0. The summed E-state index contributed by atoms with van der Waals surface area (Å²) in [5, 5.41) is 0. The number of benzene rings is 1. The van der Waals surface area contributed by atoms with Crippen LogP contribution in [0.3, 0.4) is 0 Å². The van der Waals surface area contributed by atoms with E-state index in [0.29, 0.717) is 5.92 Å². The normalized spacial score (nSPS) is 20.5. The van der Waals surface area contributed by atoms with Crippen LogP contribution in [0, 0.1) is 5.92 Å². The molecule has 1 aromatic carbocycles. The van der Waals surface area contributed by atoms with Crippen LogP contribution in [0.15, 0.2) is 24.3 Å². The Morgan fingerprint density at radius 2 is 2.27 bits per heavy atom. The van der Waals surface area contributed by atoms with E-state index < -0.39 is 0 Å². The Morgan fingerprint density at radius 1 is 1.47 bits per heavy atom. The maximum absolute atomic E-state index is 5.78. The van der Waals surface area contributed by atoms with Gasteiger partial charge in [-0.1, -0.05) is 31.2 Å². The second kappa shape index (κ2) is 5.27. The van der Waals surface area contributed by atoms with E-state index >= 15 is 0 Å². The Balaban J connectivity index is 1.75. The Morgan fingerprint density at radius 3 is 3.00 bits per heavy atom. The summed E-state index contributed by atoms with van der Waals surface area (Å²) >= 11 is 7.83. The van der Waals surface area contributed by atoms with Crippen LogP contribution in [0.25, 0.3) is 0 Å². The lowest BCUT2D eigenvalue weighted by molar-refractivity contribution is 0.674. The molecule has 2 heteroatoms. The predicted molar refractivity (Wildman–Crippen MR) is 70.1 cm³/mol. The molecule has 0 saturated heterocycles. The minimum atomic E-state index is 0.645. The Bertz CT molecular complexity index is 324. The fourth-order valence-corrected chi connectivity index (χ4v) is 3.44. The third-order valence-electron chi connectivity index (χ3n) is 2.95. The van der Waals surface area contributed by atoms with Crippen LogP contribution in [-0.2, 0) is 6.42 Å². The van der Waals surface area contributed by atoms with Gasteiger partial charge in [-0.3, -0.25) is 0 Å². The fraction of sp³-hybridized carbons (Fsp3) is 0.538. The van der Waals surface area contributed by atoms with E-state index in [1.54, 1.807) is 11.1 Å². The first-order chi connectivity index (χ1) is 7.31. The highest BCUT2D eigenvalue weighted by atomic mass is 35.5. The van der Waals surface area contributed by atoms with Gasteiger partial charge in [0.15, 0.2) is 0 Å². The number of alkyl halides is 1. The Kier molecular flexibility index (Phi) is 3.99. The maximum atomic E-state index is 5.78. The Labute approximate surface area is 101 Å². The lowest BCUT2D eigenvalue weighted by atomic mass is 9.79. The smallest absolute Gasteiger partial charge is 0.0257 e. The average molecular weight is 241 g/mol. The minimum absolute atomic E-state index is 0.645. The second-order valence-electron chi connectivity index (χ2n) is 4.40. The number of hydrogen-bond acceptors (Lipinski definition) is 1. The van der Waals surface area contributed by atoms with Crippen molar-refractivity contribution in [3.05, 3.63) is 35.4 Å². The average Bonchev–Trinajstić information content (AvgIpc) is 2.24. The van der Waals surface area contributed by atoms with Gasteiger partial charge in [-0.05, 0) is 35.1 Å². The molecule has 2 rings (SSSR count). The van der Waals surface area contributed by atoms with E-state index in [0.717, 1.165) is 11.8 Å². The van der Waals surface area contributed by atoms with Gasteiger partial charge in [-0.2, -0.15) is 11.8 Å². The molecule has 2 atom stereocenters. The molecular weight excluding hydrogens is 224 g/mol. The van der Waals surface area contributed by atoms with Crippen molar-refractivity contribution in [3.8, 4) is 0 Å². The summed E-state index contributed by atoms with van der Waals surface area (Å²) in [6, 6.07) is 8.81. The number of halogens is 1. The van der Waals surface area contributed by atoms with Crippen molar-refractivity contribution in [2.75, 3.05) is 17.4 Å². The maximum Gasteiger partial charge on any atom is 0.0257 e. The van der Waals surface area contributed by atoms with Gasteiger partial charge in [0, 0.05) is 11.6 Å². The van der Waals surface area contributed by atoms with Crippen molar-refractivity contribution in [1.29, 1.82) is 0 Å².